The van der Waals surface area contributed by atoms with E-state index < -0.39 is 0 Å². The fourth-order valence-corrected chi connectivity index (χ4v) is 2.38. The number of carbonyl (C=O) groups excluding carboxylic acids is 1. The lowest BCUT2D eigenvalue weighted by molar-refractivity contribution is -0.111. The number of hydrogen-bond donors (Lipinski definition) is 1. The van der Waals surface area contributed by atoms with Gasteiger partial charge >= 0.3 is 0 Å². The normalized spacial score (nSPS) is 10.8. The molecule has 1 aromatic heterocycles. The standard InChI is InChI=1S/C12H10ClN3OS/c1-2-5-10(17)14-12-16-15-11(18-12)8-6-3-4-7-9(8)13/h2-7H,1H3,(H,14,16,17). The lowest BCUT2D eigenvalue weighted by Crippen LogP contribution is -2.07. The van der Waals surface area contributed by atoms with Crippen LogP contribution < -0.4 is 5.32 Å². The molecular weight excluding hydrogens is 270 g/mol. The first kappa shape index (κ1) is 12.7. The number of carbonyl (C=O) groups is 1. The monoisotopic (exact) mass is 279 g/mol. The second kappa shape index (κ2) is 5.75. The van der Waals surface area contributed by atoms with Crippen LogP contribution in [0.4, 0.5) is 5.13 Å². The summed E-state index contributed by atoms with van der Waals surface area (Å²) >= 11 is 7.35. The van der Waals surface area contributed by atoms with E-state index in [9.17, 15) is 4.79 Å². The second-order valence-electron chi connectivity index (χ2n) is 3.38. The van der Waals surface area contributed by atoms with Crippen molar-refractivity contribution in [2.45, 2.75) is 6.92 Å². The third-order valence-corrected chi connectivity index (χ3v) is 3.28. The second-order valence-corrected chi connectivity index (χ2v) is 4.77. The van der Waals surface area contributed by atoms with Gasteiger partial charge < -0.3 is 0 Å². The van der Waals surface area contributed by atoms with Crippen molar-refractivity contribution in [1.29, 1.82) is 0 Å². The Labute approximate surface area is 113 Å². The van der Waals surface area contributed by atoms with Crippen LogP contribution in [0.25, 0.3) is 10.6 Å². The van der Waals surface area contributed by atoms with Gasteiger partial charge in [0.05, 0.1) is 5.02 Å². The Balaban J connectivity index is 2.21. The average Bonchev–Trinajstić information content (AvgIpc) is 2.78. The van der Waals surface area contributed by atoms with Crippen molar-refractivity contribution in [2.75, 3.05) is 5.32 Å². The molecule has 0 saturated heterocycles. The molecular formula is C12H10ClN3OS. The van der Waals surface area contributed by atoms with Gasteiger partial charge in [0.2, 0.25) is 11.0 Å². The summed E-state index contributed by atoms with van der Waals surface area (Å²) in [5.74, 6) is -0.223. The van der Waals surface area contributed by atoms with E-state index >= 15 is 0 Å². The summed E-state index contributed by atoms with van der Waals surface area (Å²) in [6.45, 7) is 1.77. The molecule has 4 nitrogen and oxygen atoms in total. The maximum atomic E-state index is 11.3. The van der Waals surface area contributed by atoms with Crippen molar-refractivity contribution >= 4 is 34.0 Å². The summed E-state index contributed by atoms with van der Waals surface area (Å²) < 4.78 is 0. The Hall–Kier alpha value is -1.72. The third-order valence-electron chi connectivity index (χ3n) is 2.08. The van der Waals surface area contributed by atoms with Crippen molar-refractivity contribution in [2.24, 2.45) is 0 Å². The number of allylic oxidation sites excluding steroid dienone is 1. The molecule has 0 saturated carbocycles. The molecule has 0 aliphatic rings. The zero-order valence-electron chi connectivity index (χ0n) is 9.55. The van der Waals surface area contributed by atoms with E-state index in [1.54, 1.807) is 19.1 Å². The Kier molecular flexibility index (Phi) is 4.07. The van der Waals surface area contributed by atoms with Gasteiger partial charge in [0, 0.05) is 5.56 Å². The van der Waals surface area contributed by atoms with Gasteiger partial charge in [0.25, 0.3) is 0 Å². The first-order chi connectivity index (χ1) is 8.70. The molecule has 0 aliphatic heterocycles. The number of anilines is 1. The van der Waals surface area contributed by atoms with Crippen LogP contribution in [0.2, 0.25) is 5.02 Å². The Morgan fingerprint density at radius 2 is 2.17 bits per heavy atom. The van der Waals surface area contributed by atoms with Crippen LogP contribution in [0.3, 0.4) is 0 Å². The van der Waals surface area contributed by atoms with E-state index in [0.29, 0.717) is 15.2 Å². The molecule has 2 rings (SSSR count). The van der Waals surface area contributed by atoms with Gasteiger partial charge in [-0.05, 0) is 19.1 Å². The van der Waals surface area contributed by atoms with Crippen LogP contribution in [0.1, 0.15) is 6.92 Å². The molecule has 1 N–H and O–H groups in total. The van der Waals surface area contributed by atoms with E-state index in [1.807, 2.05) is 18.2 Å². The lowest BCUT2D eigenvalue weighted by atomic mass is 10.2. The van der Waals surface area contributed by atoms with E-state index in [1.165, 1.54) is 17.4 Å². The summed E-state index contributed by atoms with van der Waals surface area (Å²) in [6, 6.07) is 7.37. The highest BCUT2D eigenvalue weighted by atomic mass is 35.5. The Bertz CT molecular complexity index is 595. The highest BCUT2D eigenvalue weighted by molar-refractivity contribution is 7.18. The molecule has 0 aliphatic carbocycles. The van der Waals surface area contributed by atoms with Crippen LogP contribution in [0.15, 0.2) is 36.4 Å². The molecule has 6 heteroatoms. The van der Waals surface area contributed by atoms with Crippen LogP contribution in [0.5, 0.6) is 0 Å². The molecule has 0 radical (unpaired) electrons. The predicted octanol–water partition coefficient (Wildman–Crippen LogP) is 3.37. The fraction of sp³-hybridized carbons (Fsp3) is 0.0833. The van der Waals surface area contributed by atoms with Gasteiger partial charge in [-0.1, -0.05) is 47.2 Å². The van der Waals surface area contributed by atoms with Crippen LogP contribution in [-0.2, 0) is 4.79 Å². The minimum absolute atomic E-state index is 0.223. The number of aromatic nitrogens is 2. The minimum Gasteiger partial charge on any atom is -0.297 e. The maximum Gasteiger partial charge on any atom is 0.249 e. The maximum absolute atomic E-state index is 11.3. The molecule has 0 bridgehead atoms. The van der Waals surface area contributed by atoms with Gasteiger partial charge in [0.15, 0.2) is 5.01 Å². The van der Waals surface area contributed by atoms with E-state index in [0.717, 1.165) is 5.56 Å². The lowest BCUT2D eigenvalue weighted by Gasteiger charge is -1.97. The number of rotatable bonds is 3. The number of amides is 1. The highest BCUT2D eigenvalue weighted by Crippen LogP contribution is 2.31. The highest BCUT2D eigenvalue weighted by Gasteiger charge is 2.10. The molecule has 0 atom stereocenters. The van der Waals surface area contributed by atoms with Gasteiger partial charge in [0.1, 0.15) is 0 Å². The minimum atomic E-state index is -0.223. The average molecular weight is 280 g/mol. The molecule has 1 heterocycles. The first-order valence-corrected chi connectivity index (χ1v) is 6.42. The summed E-state index contributed by atoms with van der Waals surface area (Å²) in [6.07, 6.45) is 3.09. The molecule has 1 aromatic carbocycles. The SMILES string of the molecule is CC=CC(=O)Nc1nnc(-c2ccccc2Cl)s1. The van der Waals surface area contributed by atoms with Crippen molar-refractivity contribution in [3.05, 3.63) is 41.4 Å². The van der Waals surface area contributed by atoms with E-state index in [2.05, 4.69) is 15.5 Å². The smallest absolute Gasteiger partial charge is 0.249 e. The van der Waals surface area contributed by atoms with Crippen LogP contribution in [0, 0.1) is 0 Å². The molecule has 0 fully saturated rings. The van der Waals surface area contributed by atoms with Gasteiger partial charge in [-0.3, -0.25) is 10.1 Å². The Morgan fingerprint density at radius 3 is 2.89 bits per heavy atom. The number of hydrogen-bond acceptors (Lipinski definition) is 4. The predicted molar refractivity (Wildman–Crippen MR) is 73.8 cm³/mol. The third kappa shape index (κ3) is 2.94. The van der Waals surface area contributed by atoms with Crippen molar-refractivity contribution in [3.63, 3.8) is 0 Å². The number of benzene rings is 1. The molecule has 0 unspecified atom stereocenters. The van der Waals surface area contributed by atoms with Gasteiger partial charge in [-0.15, -0.1) is 10.2 Å². The summed E-state index contributed by atoms with van der Waals surface area (Å²) in [4.78, 5) is 11.3. The number of nitrogens with zero attached hydrogens (tertiary/aromatic N) is 2. The molecule has 92 valence electrons. The van der Waals surface area contributed by atoms with Crippen molar-refractivity contribution < 1.29 is 4.79 Å². The zero-order chi connectivity index (χ0) is 13.0. The quantitative estimate of drug-likeness (QED) is 0.877. The summed E-state index contributed by atoms with van der Waals surface area (Å²) in [5, 5.41) is 12.3. The number of halogens is 1. The molecule has 2 aromatic rings. The molecule has 1 amide bonds. The zero-order valence-corrected chi connectivity index (χ0v) is 11.1. The summed E-state index contributed by atoms with van der Waals surface area (Å²) in [5.41, 5.74) is 0.809. The number of nitrogens with one attached hydrogen (secondary N) is 1. The van der Waals surface area contributed by atoms with Crippen molar-refractivity contribution in [3.8, 4) is 10.6 Å². The fourth-order valence-electron chi connectivity index (χ4n) is 1.32. The Morgan fingerprint density at radius 1 is 1.39 bits per heavy atom. The van der Waals surface area contributed by atoms with E-state index in [4.69, 9.17) is 11.6 Å². The van der Waals surface area contributed by atoms with Gasteiger partial charge in [-0.2, -0.15) is 0 Å². The first-order valence-electron chi connectivity index (χ1n) is 5.23. The molecule has 0 spiro atoms. The molecule has 18 heavy (non-hydrogen) atoms. The van der Waals surface area contributed by atoms with E-state index in [-0.39, 0.29) is 5.91 Å². The topological polar surface area (TPSA) is 54.9 Å². The van der Waals surface area contributed by atoms with Crippen LogP contribution >= 0.6 is 22.9 Å². The van der Waals surface area contributed by atoms with Crippen molar-refractivity contribution in [1.82, 2.24) is 10.2 Å². The summed E-state index contributed by atoms with van der Waals surface area (Å²) in [7, 11) is 0. The largest absolute Gasteiger partial charge is 0.297 e. The van der Waals surface area contributed by atoms with Crippen LogP contribution in [-0.4, -0.2) is 16.1 Å². The van der Waals surface area contributed by atoms with Gasteiger partial charge in [-0.25, -0.2) is 0 Å².